The second kappa shape index (κ2) is 8.89. The Morgan fingerprint density at radius 1 is 1.39 bits per heavy atom. The minimum Gasteiger partial charge on any atom is -0.374 e. The number of carbonyl (C=O) groups excluding carboxylic acids is 1. The molecule has 0 aromatic carbocycles. The molecular formula is C15H20N6O2. The molecule has 1 aliphatic rings. The number of morpholine rings is 1. The molecular weight excluding hydrogens is 296 g/mol. The molecule has 1 aliphatic heterocycles. The topological polar surface area (TPSA) is 98.2 Å². The predicted molar refractivity (Wildman–Crippen MR) is 80.8 cm³/mol. The average molecular weight is 316 g/mol. The van der Waals surface area contributed by atoms with Gasteiger partial charge < -0.3 is 9.64 Å². The molecule has 0 radical (unpaired) electrons. The second-order valence-corrected chi connectivity index (χ2v) is 5.34. The molecule has 2 rings (SSSR count). The fraction of sp³-hybridized carbons (Fsp3) is 0.600. The van der Waals surface area contributed by atoms with Gasteiger partial charge in [0.1, 0.15) is 13.1 Å². The van der Waals surface area contributed by atoms with Gasteiger partial charge in [0.2, 0.25) is 5.91 Å². The lowest BCUT2D eigenvalue weighted by Crippen LogP contribution is -2.45. The molecule has 1 amide bonds. The first kappa shape index (κ1) is 16.9. The van der Waals surface area contributed by atoms with Crippen molar-refractivity contribution in [2.45, 2.75) is 19.1 Å². The third-order valence-electron chi connectivity index (χ3n) is 3.69. The Morgan fingerprint density at radius 3 is 2.83 bits per heavy atom. The molecule has 23 heavy (non-hydrogen) atoms. The molecule has 0 N–H and O–H groups in total. The number of aromatic nitrogens is 2. The molecule has 1 saturated heterocycles. The summed E-state index contributed by atoms with van der Waals surface area (Å²) in [7, 11) is 0. The highest BCUT2D eigenvalue weighted by molar-refractivity contribution is 5.76. The van der Waals surface area contributed by atoms with Crippen LogP contribution in [0.1, 0.15) is 6.42 Å². The lowest BCUT2D eigenvalue weighted by atomic mass is 10.2. The van der Waals surface area contributed by atoms with Crippen LogP contribution in [0.2, 0.25) is 0 Å². The van der Waals surface area contributed by atoms with E-state index >= 15 is 0 Å². The van der Waals surface area contributed by atoms with Gasteiger partial charge in [-0.3, -0.25) is 14.4 Å². The average Bonchev–Trinajstić information content (AvgIpc) is 3.06. The van der Waals surface area contributed by atoms with E-state index in [1.54, 1.807) is 6.20 Å². The lowest BCUT2D eigenvalue weighted by molar-refractivity contribution is -0.130. The van der Waals surface area contributed by atoms with Crippen molar-refractivity contribution >= 4 is 5.91 Å². The van der Waals surface area contributed by atoms with Gasteiger partial charge in [-0.25, -0.2) is 0 Å². The van der Waals surface area contributed by atoms with Crippen LogP contribution in [-0.4, -0.2) is 70.9 Å². The highest BCUT2D eigenvalue weighted by atomic mass is 16.5. The zero-order valence-electron chi connectivity index (χ0n) is 13.0. The van der Waals surface area contributed by atoms with E-state index in [-0.39, 0.29) is 25.1 Å². The summed E-state index contributed by atoms with van der Waals surface area (Å²) in [5, 5.41) is 21.6. The van der Waals surface area contributed by atoms with Crippen LogP contribution < -0.4 is 0 Å². The van der Waals surface area contributed by atoms with Crippen molar-refractivity contribution in [3.63, 3.8) is 0 Å². The first-order chi connectivity index (χ1) is 11.2. The molecule has 8 nitrogen and oxygen atoms in total. The van der Waals surface area contributed by atoms with Crippen molar-refractivity contribution < 1.29 is 9.53 Å². The molecule has 8 heteroatoms. The number of hydrogen-bond acceptors (Lipinski definition) is 6. The highest BCUT2D eigenvalue weighted by Gasteiger charge is 2.22. The third-order valence-corrected chi connectivity index (χ3v) is 3.69. The Morgan fingerprint density at radius 2 is 2.17 bits per heavy atom. The van der Waals surface area contributed by atoms with Gasteiger partial charge in [-0.15, -0.1) is 0 Å². The van der Waals surface area contributed by atoms with Crippen LogP contribution in [0.25, 0.3) is 0 Å². The van der Waals surface area contributed by atoms with Crippen LogP contribution in [0.4, 0.5) is 0 Å². The summed E-state index contributed by atoms with van der Waals surface area (Å²) >= 11 is 0. The Labute approximate surface area is 135 Å². The Kier molecular flexibility index (Phi) is 6.55. The minimum atomic E-state index is -0.164. The molecule has 0 aliphatic carbocycles. The molecule has 1 atom stereocenters. The highest BCUT2D eigenvalue weighted by Crippen LogP contribution is 2.08. The predicted octanol–water partition coefficient (Wildman–Crippen LogP) is -0.150. The SMILES string of the molecule is N#CCN(CC#N)C(=O)CCN1CCOC(Cn2cccn2)C1. The minimum absolute atomic E-state index is 0.0442. The van der Waals surface area contributed by atoms with Gasteiger partial charge >= 0.3 is 0 Å². The normalized spacial score (nSPS) is 18.1. The standard InChI is InChI=1S/C15H20N6O2/c16-3-8-20(9-4-17)15(22)2-7-19-10-11-23-14(12-19)13-21-6-1-5-18-21/h1,5-6,14H,2,7-13H2. The second-order valence-electron chi connectivity index (χ2n) is 5.34. The largest absolute Gasteiger partial charge is 0.374 e. The van der Waals surface area contributed by atoms with Crippen LogP contribution >= 0.6 is 0 Å². The molecule has 0 bridgehead atoms. The fourth-order valence-corrected chi connectivity index (χ4v) is 2.53. The van der Waals surface area contributed by atoms with Gasteiger partial charge in [0.05, 0.1) is 31.4 Å². The van der Waals surface area contributed by atoms with Gasteiger partial charge in [-0.2, -0.15) is 15.6 Å². The van der Waals surface area contributed by atoms with Gasteiger partial charge in [0.25, 0.3) is 0 Å². The van der Waals surface area contributed by atoms with E-state index in [0.717, 1.165) is 13.1 Å². The smallest absolute Gasteiger partial charge is 0.225 e. The fourth-order valence-electron chi connectivity index (χ4n) is 2.53. The third kappa shape index (κ3) is 5.37. The van der Waals surface area contributed by atoms with Gasteiger partial charge in [-0.05, 0) is 6.07 Å². The summed E-state index contributed by atoms with van der Waals surface area (Å²) in [5.74, 6) is -0.164. The summed E-state index contributed by atoms with van der Waals surface area (Å²) in [4.78, 5) is 15.5. The van der Waals surface area contributed by atoms with Crippen molar-refractivity contribution in [2.24, 2.45) is 0 Å². The zero-order valence-corrected chi connectivity index (χ0v) is 13.0. The number of carbonyl (C=O) groups is 1. The molecule has 1 aromatic rings. The maximum atomic E-state index is 12.1. The van der Waals surface area contributed by atoms with E-state index in [1.807, 2.05) is 29.1 Å². The molecule has 1 unspecified atom stereocenters. The van der Waals surface area contributed by atoms with Crippen molar-refractivity contribution in [2.75, 3.05) is 39.3 Å². The van der Waals surface area contributed by atoms with Crippen molar-refractivity contribution in [3.05, 3.63) is 18.5 Å². The number of nitrogens with zero attached hydrogens (tertiary/aromatic N) is 6. The van der Waals surface area contributed by atoms with Crippen molar-refractivity contribution in [1.82, 2.24) is 19.6 Å². The van der Waals surface area contributed by atoms with Crippen LogP contribution in [0.3, 0.4) is 0 Å². The number of amides is 1. The van der Waals surface area contributed by atoms with Gasteiger partial charge in [-0.1, -0.05) is 0 Å². The molecule has 2 heterocycles. The maximum absolute atomic E-state index is 12.1. The van der Waals surface area contributed by atoms with Crippen molar-refractivity contribution in [1.29, 1.82) is 10.5 Å². The molecule has 1 fully saturated rings. The summed E-state index contributed by atoms with van der Waals surface area (Å²) in [6.07, 6.45) is 3.98. The van der Waals surface area contributed by atoms with E-state index < -0.39 is 0 Å². The Balaban J connectivity index is 1.77. The number of rotatable bonds is 7. The summed E-state index contributed by atoms with van der Waals surface area (Å²) in [6, 6.07) is 5.70. The van der Waals surface area contributed by atoms with Crippen LogP contribution in [0.15, 0.2) is 18.5 Å². The molecule has 1 aromatic heterocycles. The monoisotopic (exact) mass is 316 g/mol. The van der Waals surface area contributed by atoms with E-state index in [1.165, 1.54) is 4.90 Å². The zero-order chi connectivity index (χ0) is 16.5. The quantitative estimate of drug-likeness (QED) is 0.649. The first-order valence-corrected chi connectivity index (χ1v) is 7.56. The number of nitriles is 2. The van der Waals surface area contributed by atoms with E-state index in [2.05, 4.69) is 10.00 Å². The van der Waals surface area contributed by atoms with E-state index in [0.29, 0.717) is 26.1 Å². The van der Waals surface area contributed by atoms with Crippen LogP contribution in [0.5, 0.6) is 0 Å². The van der Waals surface area contributed by atoms with E-state index in [4.69, 9.17) is 15.3 Å². The maximum Gasteiger partial charge on any atom is 0.225 e. The van der Waals surface area contributed by atoms with Crippen LogP contribution in [0, 0.1) is 22.7 Å². The van der Waals surface area contributed by atoms with Crippen molar-refractivity contribution in [3.8, 4) is 12.1 Å². The summed E-state index contributed by atoms with van der Waals surface area (Å²) in [5.41, 5.74) is 0. The van der Waals surface area contributed by atoms with E-state index in [9.17, 15) is 4.79 Å². The molecule has 0 saturated carbocycles. The number of hydrogen-bond donors (Lipinski definition) is 0. The summed E-state index contributed by atoms with van der Waals surface area (Å²) < 4.78 is 7.56. The number of ether oxygens (including phenoxy) is 1. The van der Waals surface area contributed by atoms with Gasteiger partial charge in [0.15, 0.2) is 0 Å². The molecule has 122 valence electrons. The lowest BCUT2D eigenvalue weighted by Gasteiger charge is -2.33. The molecule has 0 spiro atoms. The van der Waals surface area contributed by atoms with Gasteiger partial charge in [0, 0.05) is 38.4 Å². The summed E-state index contributed by atoms with van der Waals surface area (Å²) in [6.45, 7) is 3.34. The first-order valence-electron chi connectivity index (χ1n) is 7.56. The Hall–Kier alpha value is -2.42. The van der Waals surface area contributed by atoms with Crippen LogP contribution in [-0.2, 0) is 16.1 Å². The Bertz CT molecular complexity index is 558.